The molecule has 74 valence electrons. The molecule has 13 heavy (non-hydrogen) atoms. The normalized spacial score (nSPS) is 8.77. The van der Waals surface area contributed by atoms with Crippen LogP contribution < -0.4 is 10.6 Å². The molecule has 0 bridgehead atoms. The van der Waals surface area contributed by atoms with Crippen molar-refractivity contribution in [2.24, 2.45) is 0 Å². The van der Waals surface area contributed by atoms with Crippen LogP contribution in [0.25, 0.3) is 0 Å². The molecule has 0 fully saturated rings. The average molecular weight is 201 g/mol. The summed E-state index contributed by atoms with van der Waals surface area (Å²) in [5.41, 5.74) is 2.36. The van der Waals surface area contributed by atoms with Gasteiger partial charge in [-0.15, -0.1) is 12.4 Å². The third-order valence-corrected chi connectivity index (χ3v) is 1.65. The summed E-state index contributed by atoms with van der Waals surface area (Å²) in [6, 6.07) is 8.34. The number of hydrogen-bond donors (Lipinski definition) is 2. The van der Waals surface area contributed by atoms with E-state index in [1.165, 1.54) is 11.4 Å². The topological polar surface area (TPSA) is 24.1 Å². The zero-order valence-electron chi connectivity index (χ0n) is 8.13. The van der Waals surface area contributed by atoms with Crippen LogP contribution in [0.1, 0.15) is 13.8 Å². The van der Waals surface area contributed by atoms with Gasteiger partial charge in [0.05, 0.1) is 0 Å². The zero-order chi connectivity index (χ0) is 8.81. The molecule has 0 amide bonds. The number of anilines is 2. The molecule has 0 heterocycles. The lowest BCUT2D eigenvalue weighted by Crippen LogP contribution is -1.98. The van der Waals surface area contributed by atoms with Gasteiger partial charge in [0.15, 0.2) is 0 Å². The first kappa shape index (κ1) is 12.1. The summed E-state index contributed by atoms with van der Waals surface area (Å²) in [7, 11) is 0. The summed E-state index contributed by atoms with van der Waals surface area (Å²) in [6.07, 6.45) is 0. The van der Waals surface area contributed by atoms with E-state index in [2.05, 4.69) is 48.7 Å². The summed E-state index contributed by atoms with van der Waals surface area (Å²) < 4.78 is 0. The van der Waals surface area contributed by atoms with Gasteiger partial charge in [-0.2, -0.15) is 0 Å². The quantitative estimate of drug-likeness (QED) is 0.781. The van der Waals surface area contributed by atoms with E-state index in [4.69, 9.17) is 0 Å². The number of rotatable bonds is 4. The van der Waals surface area contributed by atoms with Crippen LogP contribution in [0.4, 0.5) is 11.4 Å². The van der Waals surface area contributed by atoms with Crippen molar-refractivity contribution < 1.29 is 0 Å². The Balaban J connectivity index is 0.00000144. The second-order valence-corrected chi connectivity index (χ2v) is 2.64. The van der Waals surface area contributed by atoms with Crippen molar-refractivity contribution in [3.05, 3.63) is 24.3 Å². The van der Waals surface area contributed by atoms with Crippen molar-refractivity contribution in [1.29, 1.82) is 0 Å². The van der Waals surface area contributed by atoms with Crippen LogP contribution in [0.3, 0.4) is 0 Å². The number of halogens is 1. The van der Waals surface area contributed by atoms with E-state index in [-0.39, 0.29) is 12.4 Å². The molecular weight excluding hydrogens is 184 g/mol. The van der Waals surface area contributed by atoms with Crippen LogP contribution in [-0.2, 0) is 0 Å². The van der Waals surface area contributed by atoms with E-state index in [0.29, 0.717) is 0 Å². The second kappa shape index (κ2) is 6.61. The largest absolute Gasteiger partial charge is 0.385 e. The highest BCUT2D eigenvalue weighted by Gasteiger charge is 1.90. The van der Waals surface area contributed by atoms with Crippen molar-refractivity contribution in [1.82, 2.24) is 0 Å². The van der Waals surface area contributed by atoms with E-state index in [1.54, 1.807) is 0 Å². The van der Waals surface area contributed by atoms with Crippen LogP contribution in [0.5, 0.6) is 0 Å². The van der Waals surface area contributed by atoms with Gasteiger partial charge in [0.1, 0.15) is 0 Å². The molecule has 0 unspecified atom stereocenters. The maximum Gasteiger partial charge on any atom is 0.0341 e. The molecule has 0 aromatic heterocycles. The Labute approximate surface area is 86.1 Å². The van der Waals surface area contributed by atoms with Crippen LogP contribution >= 0.6 is 12.4 Å². The molecule has 0 saturated carbocycles. The summed E-state index contributed by atoms with van der Waals surface area (Å²) in [5.74, 6) is 0. The van der Waals surface area contributed by atoms with Gasteiger partial charge in [-0.1, -0.05) is 0 Å². The van der Waals surface area contributed by atoms with Crippen LogP contribution in [0, 0.1) is 0 Å². The minimum absolute atomic E-state index is 0. The van der Waals surface area contributed by atoms with Gasteiger partial charge in [-0.3, -0.25) is 0 Å². The lowest BCUT2D eigenvalue weighted by Gasteiger charge is -2.05. The molecule has 2 nitrogen and oxygen atoms in total. The van der Waals surface area contributed by atoms with Crippen molar-refractivity contribution in [3.63, 3.8) is 0 Å². The van der Waals surface area contributed by atoms with Crippen molar-refractivity contribution in [2.75, 3.05) is 23.7 Å². The zero-order valence-corrected chi connectivity index (χ0v) is 8.95. The Morgan fingerprint density at radius 3 is 1.38 bits per heavy atom. The van der Waals surface area contributed by atoms with Crippen LogP contribution in [0.2, 0.25) is 0 Å². The van der Waals surface area contributed by atoms with E-state index >= 15 is 0 Å². The van der Waals surface area contributed by atoms with E-state index in [1.807, 2.05) is 0 Å². The molecule has 0 aliphatic carbocycles. The van der Waals surface area contributed by atoms with Crippen LogP contribution in [-0.4, -0.2) is 13.1 Å². The minimum atomic E-state index is 0. The molecule has 0 aliphatic rings. The monoisotopic (exact) mass is 200 g/mol. The highest BCUT2D eigenvalue weighted by Crippen LogP contribution is 2.12. The van der Waals surface area contributed by atoms with Gasteiger partial charge >= 0.3 is 0 Å². The molecule has 1 aromatic carbocycles. The van der Waals surface area contributed by atoms with Gasteiger partial charge in [-0.25, -0.2) is 0 Å². The first-order chi connectivity index (χ1) is 5.86. The molecular formula is C10H17ClN2. The highest BCUT2D eigenvalue weighted by molar-refractivity contribution is 5.85. The summed E-state index contributed by atoms with van der Waals surface area (Å²) in [4.78, 5) is 0. The first-order valence-corrected chi connectivity index (χ1v) is 4.44. The average Bonchev–Trinajstić information content (AvgIpc) is 2.09. The molecule has 0 radical (unpaired) electrons. The second-order valence-electron chi connectivity index (χ2n) is 2.64. The number of hydrogen-bond acceptors (Lipinski definition) is 2. The Hall–Kier alpha value is -0.890. The Morgan fingerprint density at radius 1 is 0.846 bits per heavy atom. The third kappa shape index (κ3) is 4.04. The standard InChI is InChI=1S/C10H16N2.ClH/c1-3-11-9-5-7-10(8-6-9)12-4-2;/h5-8,11-12H,3-4H2,1-2H3;1H. The lowest BCUT2D eigenvalue weighted by atomic mass is 10.3. The predicted molar refractivity (Wildman–Crippen MR) is 62.0 cm³/mol. The fourth-order valence-corrected chi connectivity index (χ4v) is 1.11. The summed E-state index contributed by atoms with van der Waals surface area (Å²) in [6.45, 7) is 6.14. The number of benzene rings is 1. The molecule has 2 N–H and O–H groups in total. The van der Waals surface area contributed by atoms with Gasteiger partial charge < -0.3 is 10.6 Å². The fraction of sp³-hybridized carbons (Fsp3) is 0.400. The van der Waals surface area contributed by atoms with E-state index < -0.39 is 0 Å². The van der Waals surface area contributed by atoms with Gasteiger partial charge in [0, 0.05) is 24.5 Å². The van der Waals surface area contributed by atoms with Crippen LogP contribution in [0.15, 0.2) is 24.3 Å². The molecule has 3 heteroatoms. The molecule has 0 aliphatic heterocycles. The Morgan fingerprint density at radius 2 is 1.15 bits per heavy atom. The van der Waals surface area contributed by atoms with Gasteiger partial charge in [0.2, 0.25) is 0 Å². The van der Waals surface area contributed by atoms with Gasteiger partial charge in [0.25, 0.3) is 0 Å². The third-order valence-electron chi connectivity index (χ3n) is 1.65. The minimum Gasteiger partial charge on any atom is -0.385 e. The Bertz CT molecular complexity index is 196. The predicted octanol–water partition coefficient (Wildman–Crippen LogP) is 2.97. The molecule has 0 saturated heterocycles. The molecule has 1 aromatic rings. The molecule has 0 spiro atoms. The first-order valence-electron chi connectivity index (χ1n) is 4.44. The van der Waals surface area contributed by atoms with Crippen molar-refractivity contribution in [3.8, 4) is 0 Å². The SMILES string of the molecule is CCNc1ccc(NCC)cc1.Cl. The maximum atomic E-state index is 3.25. The summed E-state index contributed by atoms with van der Waals surface area (Å²) >= 11 is 0. The van der Waals surface area contributed by atoms with Crippen molar-refractivity contribution >= 4 is 23.8 Å². The van der Waals surface area contributed by atoms with E-state index in [9.17, 15) is 0 Å². The van der Waals surface area contributed by atoms with Crippen molar-refractivity contribution in [2.45, 2.75) is 13.8 Å². The summed E-state index contributed by atoms with van der Waals surface area (Å²) in [5, 5.41) is 6.50. The van der Waals surface area contributed by atoms with E-state index in [0.717, 1.165) is 13.1 Å². The Kier molecular flexibility index (Phi) is 6.15. The molecule has 0 atom stereocenters. The molecule has 1 rings (SSSR count). The smallest absolute Gasteiger partial charge is 0.0341 e. The maximum absolute atomic E-state index is 3.25. The number of nitrogens with one attached hydrogen (secondary N) is 2. The highest BCUT2D eigenvalue weighted by atomic mass is 35.5. The van der Waals surface area contributed by atoms with Gasteiger partial charge in [-0.05, 0) is 38.1 Å². The fourth-order valence-electron chi connectivity index (χ4n) is 1.11. The lowest BCUT2D eigenvalue weighted by molar-refractivity contribution is 1.20.